The van der Waals surface area contributed by atoms with Gasteiger partial charge in [-0.15, -0.1) is 0 Å². The van der Waals surface area contributed by atoms with Gasteiger partial charge in [-0.05, 0) is 27.0 Å². The third-order valence-corrected chi connectivity index (χ3v) is 2.56. The fourth-order valence-electron chi connectivity index (χ4n) is 1.30. The Morgan fingerprint density at radius 2 is 2.29 bits per heavy atom. The van der Waals surface area contributed by atoms with Crippen molar-refractivity contribution in [1.29, 1.82) is 0 Å². The number of thioether (sulfide) groups is 1. The van der Waals surface area contributed by atoms with Crippen LogP contribution in [0.5, 0.6) is 0 Å². The van der Waals surface area contributed by atoms with Crippen LogP contribution in [0.15, 0.2) is 0 Å². The molecule has 0 bridgehead atoms. The van der Waals surface area contributed by atoms with Crippen LogP contribution in [0.3, 0.4) is 0 Å². The monoisotopic (exact) mass is 262 g/mol. The lowest BCUT2D eigenvalue weighted by atomic mass is 10.2. The first-order valence-corrected chi connectivity index (χ1v) is 6.68. The van der Waals surface area contributed by atoms with Crippen LogP contribution >= 0.6 is 11.8 Å². The summed E-state index contributed by atoms with van der Waals surface area (Å²) in [5.74, 6) is 0.707. The molecule has 6 nitrogen and oxygen atoms in total. The lowest BCUT2D eigenvalue weighted by molar-refractivity contribution is 0.0389. The Labute approximate surface area is 105 Å². The zero-order chi connectivity index (χ0) is 13.1. The number of ether oxygens (including phenoxy) is 2. The number of rotatable bonds is 3. The Hall–Kier alpha value is -1.11. The molecular formula is C10H18N2O4S. The van der Waals surface area contributed by atoms with E-state index < -0.39 is 17.8 Å². The van der Waals surface area contributed by atoms with Crippen LogP contribution in [0.2, 0.25) is 0 Å². The maximum atomic E-state index is 11.4. The van der Waals surface area contributed by atoms with E-state index >= 15 is 0 Å². The highest BCUT2D eigenvalue weighted by molar-refractivity contribution is 7.98. The highest BCUT2D eigenvalue weighted by Crippen LogP contribution is 2.13. The largest absolute Gasteiger partial charge is 0.443 e. The first kappa shape index (κ1) is 14.0. The molecule has 2 amide bonds. The molecule has 7 heteroatoms. The van der Waals surface area contributed by atoms with E-state index in [0.29, 0.717) is 12.3 Å². The van der Waals surface area contributed by atoms with Gasteiger partial charge in [0, 0.05) is 5.75 Å². The lowest BCUT2D eigenvalue weighted by Gasteiger charge is -2.22. The molecule has 17 heavy (non-hydrogen) atoms. The third kappa shape index (κ3) is 4.72. The number of nitrogens with one attached hydrogen (secondary N) is 1. The van der Waals surface area contributed by atoms with Gasteiger partial charge in [-0.3, -0.25) is 0 Å². The van der Waals surface area contributed by atoms with E-state index in [4.69, 9.17) is 9.47 Å². The van der Waals surface area contributed by atoms with Crippen molar-refractivity contribution in [2.24, 2.45) is 0 Å². The van der Waals surface area contributed by atoms with Crippen molar-refractivity contribution in [3.63, 3.8) is 0 Å². The number of carbonyl (C=O) groups is 2. The number of cyclic esters (lactones) is 1. The van der Waals surface area contributed by atoms with Crippen molar-refractivity contribution in [2.75, 3.05) is 18.6 Å². The van der Waals surface area contributed by atoms with Crippen LogP contribution in [0.4, 0.5) is 9.59 Å². The quantitative estimate of drug-likeness (QED) is 0.837. The van der Waals surface area contributed by atoms with Crippen LogP contribution < -0.4 is 5.43 Å². The van der Waals surface area contributed by atoms with Gasteiger partial charge in [0.05, 0.1) is 6.54 Å². The van der Waals surface area contributed by atoms with Gasteiger partial charge in [-0.1, -0.05) is 0 Å². The Kier molecular flexibility index (Phi) is 4.50. The summed E-state index contributed by atoms with van der Waals surface area (Å²) in [4.78, 5) is 22.8. The smallest absolute Gasteiger partial charge is 0.429 e. The van der Waals surface area contributed by atoms with Gasteiger partial charge in [0.1, 0.15) is 11.7 Å². The molecule has 1 atom stereocenters. The summed E-state index contributed by atoms with van der Waals surface area (Å²) in [5, 5.41) is 1.13. The van der Waals surface area contributed by atoms with Gasteiger partial charge in [0.15, 0.2) is 0 Å². The van der Waals surface area contributed by atoms with Crippen molar-refractivity contribution in [2.45, 2.75) is 32.5 Å². The Bertz CT molecular complexity index is 303. The molecular weight excluding hydrogens is 244 g/mol. The number of hydrogen-bond donors (Lipinski definition) is 1. The van der Waals surface area contributed by atoms with Crippen molar-refractivity contribution < 1.29 is 19.1 Å². The second-order valence-corrected chi connectivity index (χ2v) is 5.60. The molecule has 1 saturated heterocycles. The molecule has 0 aliphatic carbocycles. The molecule has 98 valence electrons. The standard InChI is InChI=1S/C10H18N2O4S/c1-10(2,3)16-8(13)11-12-5-7(6-17-4)15-9(12)14/h7H,5-6H2,1-4H3,(H,11,13). The molecule has 1 aliphatic heterocycles. The molecule has 1 unspecified atom stereocenters. The van der Waals surface area contributed by atoms with Crippen molar-refractivity contribution in [3.05, 3.63) is 0 Å². The number of amides is 2. The second-order valence-electron chi connectivity index (χ2n) is 4.69. The minimum absolute atomic E-state index is 0.188. The molecule has 1 fully saturated rings. The van der Waals surface area contributed by atoms with Gasteiger partial charge >= 0.3 is 12.2 Å². The first-order chi connectivity index (χ1) is 7.81. The fourth-order valence-corrected chi connectivity index (χ4v) is 1.84. The van der Waals surface area contributed by atoms with Crippen molar-refractivity contribution in [3.8, 4) is 0 Å². The number of nitrogens with zero attached hydrogens (tertiary/aromatic N) is 1. The fraction of sp³-hybridized carbons (Fsp3) is 0.800. The van der Waals surface area contributed by atoms with E-state index in [1.807, 2.05) is 6.26 Å². The predicted molar refractivity (Wildman–Crippen MR) is 64.7 cm³/mol. The Morgan fingerprint density at radius 3 is 2.82 bits per heavy atom. The second kappa shape index (κ2) is 5.48. The molecule has 1 heterocycles. The van der Waals surface area contributed by atoms with E-state index in [0.717, 1.165) is 5.01 Å². The molecule has 0 spiro atoms. The molecule has 0 aromatic carbocycles. The predicted octanol–water partition coefficient (Wildman–Crippen LogP) is 1.61. The highest BCUT2D eigenvalue weighted by Gasteiger charge is 2.33. The minimum Gasteiger partial charge on any atom is -0.443 e. The van der Waals surface area contributed by atoms with Crippen LogP contribution in [0.25, 0.3) is 0 Å². The molecule has 0 radical (unpaired) electrons. The van der Waals surface area contributed by atoms with Crippen molar-refractivity contribution >= 4 is 23.9 Å². The normalized spacial score (nSPS) is 20.1. The number of hydrazine groups is 1. The summed E-state index contributed by atoms with van der Waals surface area (Å²) in [6, 6.07) is 0. The van der Waals surface area contributed by atoms with Gasteiger partial charge in [0.2, 0.25) is 0 Å². The average Bonchev–Trinajstić information content (AvgIpc) is 2.44. The van der Waals surface area contributed by atoms with Gasteiger partial charge in [0.25, 0.3) is 0 Å². The summed E-state index contributed by atoms with van der Waals surface area (Å²) >= 11 is 1.58. The van der Waals surface area contributed by atoms with Gasteiger partial charge < -0.3 is 9.47 Å². The zero-order valence-electron chi connectivity index (χ0n) is 10.5. The summed E-state index contributed by atoms with van der Waals surface area (Å²) < 4.78 is 10.1. The topological polar surface area (TPSA) is 67.9 Å². The maximum Gasteiger partial charge on any atom is 0.429 e. The van der Waals surface area contributed by atoms with Crippen LogP contribution in [0, 0.1) is 0 Å². The molecule has 0 saturated carbocycles. The average molecular weight is 262 g/mol. The van der Waals surface area contributed by atoms with E-state index in [-0.39, 0.29) is 6.10 Å². The van der Waals surface area contributed by atoms with Crippen LogP contribution in [0.1, 0.15) is 20.8 Å². The molecule has 0 aromatic rings. The number of hydrogen-bond acceptors (Lipinski definition) is 5. The maximum absolute atomic E-state index is 11.4. The lowest BCUT2D eigenvalue weighted by Crippen LogP contribution is -2.45. The van der Waals surface area contributed by atoms with E-state index in [1.54, 1.807) is 32.5 Å². The summed E-state index contributed by atoms with van der Waals surface area (Å²) in [7, 11) is 0. The van der Waals surface area contributed by atoms with Crippen LogP contribution in [-0.4, -0.2) is 47.5 Å². The molecule has 0 aromatic heterocycles. The van der Waals surface area contributed by atoms with E-state index in [1.165, 1.54) is 0 Å². The summed E-state index contributed by atoms with van der Waals surface area (Å²) in [6.45, 7) is 5.61. The molecule has 1 N–H and O–H groups in total. The van der Waals surface area contributed by atoms with E-state index in [2.05, 4.69) is 5.43 Å². The van der Waals surface area contributed by atoms with Crippen molar-refractivity contribution in [1.82, 2.24) is 10.4 Å². The van der Waals surface area contributed by atoms with Crippen LogP contribution in [-0.2, 0) is 9.47 Å². The first-order valence-electron chi connectivity index (χ1n) is 5.28. The van der Waals surface area contributed by atoms with Gasteiger partial charge in [-0.2, -0.15) is 11.8 Å². The molecule has 1 aliphatic rings. The molecule has 1 rings (SSSR count). The summed E-state index contributed by atoms with van der Waals surface area (Å²) in [5.41, 5.74) is 1.77. The Morgan fingerprint density at radius 1 is 1.65 bits per heavy atom. The number of carbonyl (C=O) groups excluding carboxylic acids is 2. The summed E-state index contributed by atoms with van der Waals surface area (Å²) in [6.07, 6.45) is 0.541. The zero-order valence-corrected chi connectivity index (χ0v) is 11.3. The SMILES string of the molecule is CSCC1CN(NC(=O)OC(C)(C)C)C(=O)O1. The third-order valence-electron chi connectivity index (χ3n) is 1.85. The highest BCUT2D eigenvalue weighted by atomic mass is 32.2. The van der Waals surface area contributed by atoms with E-state index in [9.17, 15) is 9.59 Å². The van der Waals surface area contributed by atoms with Gasteiger partial charge in [-0.25, -0.2) is 20.0 Å². The minimum atomic E-state index is -0.653. The Balaban J connectivity index is 2.42.